The number of carbonyl (C=O) groups excluding carboxylic acids is 1. The quantitative estimate of drug-likeness (QED) is 0.372. The van der Waals surface area contributed by atoms with Crippen LogP contribution in [0.15, 0.2) is 73.3 Å². The Morgan fingerprint density at radius 3 is 2.50 bits per heavy atom. The number of aromatic nitrogens is 4. The fourth-order valence-corrected chi connectivity index (χ4v) is 4.30. The molecule has 1 amide bonds. The molecule has 36 heavy (non-hydrogen) atoms. The van der Waals surface area contributed by atoms with Crippen molar-refractivity contribution in [3.63, 3.8) is 0 Å². The summed E-state index contributed by atoms with van der Waals surface area (Å²) in [6.07, 6.45) is 7.45. The highest BCUT2D eigenvalue weighted by Gasteiger charge is 2.17. The van der Waals surface area contributed by atoms with Crippen molar-refractivity contribution in [2.24, 2.45) is 0 Å². The number of piperazine rings is 1. The number of rotatable bonds is 2. The molecule has 0 spiro atoms. The Kier molecular flexibility index (Phi) is 6.78. The average molecular weight is 477 g/mol. The van der Waals surface area contributed by atoms with E-state index in [-0.39, 0.29) is 5.91 Å². The second-order valence-electron chi connectivity index (χ2n) is 8.26. The van der Waals surface area contributed by atoms with E-state index >= 15 is 0 Å². The molecule has 1 aliphatic rings. The Labute approximate surface area is 210 Å². The largest absolute Gasteiger partial charge is 0.346 e. The molecule has 7 heteroatoms. The first-order valence-corrected chi connectivity index (χ1v) is 12.3. The first-order valence-electron chi connectivity index (χ1n) is 12.3. The van der Waals surface area contributed by atoms with Gasteiger partial charge in [0.1, 0.15) is 17.0 Å². The minimum absolute atomic E-state index is 0.0864. The molecule has 0 aliphatic carbocycles. The Hall–Kier alpha value is -4.41. The van der Waals surface area contributed by atoms with Crippen LogP contribution < -0.4 is 5.32 Å². The van der Waals surface area contributed by atoms with Gasteiger partial charge in [-0.15, -0.1) is 0 Å². The number of fused-ring (bicyclic) bond motifs is 2. The number of hydrogen-bond donors (Lipinski definition) is 2. The summed E-state index contributed by atoms with van der Waals surface area (Å²) in [7, 11) is 0. The van der Waals surface area contributed by atoms with Gasteiger partial charge in [0.25, 0.3) is 5.91 Å². The van der Waals surface area contributed by atoms with E-state index in [9.17, 15) is 4.79 Å². The second-order valence-corrected chi connectivity index (χ2v) is 8.26. The topological polar surface area (TPSA) is 78.3 Å². The molecule has 0 saturated carbocycles. The molecule has 0 radical (unpaired) electrons. The number of benzene rings is 1. The first kappa shape index (κ1) is 23.3. The van der Waals surface area contributed by atoms with Crippen LogP contribution in [0.25, 0.3) is 27.8 Å². The fourth-order valence-electron chi connectivity index (χ4n) is 4.30. The predicted molar refractivity (Wildman–Crippen MR) is 143 cm³/mol. The maximum atomic E-state index is 12.8. The fraction of sp³-hybridized carbons (Fsp3) is 0.207. The molecule has 6 rings (SSSR count). The Morgan fingerprint density at radius 2 is 1.69 bits per heavy atom. The van der Waals surface area contributed by atoms with Gasteiger partial charge in [0.05, 0.1) is 6.20 Å². The lowest BCUT2D eigenvalue weighted by molar-refractivity contribution is 0.0736. The molecule has 4 aromatic heterocycles. The predicted octanol–water partition coefficient (Wildman–Crippen LogP) is 4.35. The van der Waals surface area contributed by atoms with Crippen molar-refractivity contribution in [3.05, 3.63) is 90.1 Å². The van der Waals surface area contributed by atoms with Crippen molar-refractivity contribution in [1.29, 1.82) is 0 Å². The van der Waals surface area contributed by atoms with Gasteiger partial charge in [-0.05, 0) is 53.4 Å². The summed E-state index contributed by atoms with van der Waals surface area (Å²) in [5, 5.41) is 4.28. The minimum Gasteiger partial charge on any atom is -0.346 e. The van der Waals surface area contributed by atoms with E-state index in [2.05, 4.69) is 32.1 Å². The van der Waals surface area contributed by atoms with Crippen molar-refractivity contribution in [3.8, 4) is 23.0 Å². The van der Waals surface area contributed by atoms with Crippen molar-refractivity contribution in [1.82, 2.24) is 29.6 Å². The van der Waals surface area contributed by atoms with E-state index in [1.54, 1.807) is 12.4 Å². The van der Waals surface area contributed by atoms with Crippen LogP contribution >= 0.6 is 0 Å². The maximum Gasteiger partial charge on any atom is 0.253 e. The average Bonchev–Trinajstić information content (AvgIpc) is 3.60. The minimum atomic E-state index is 0.0864. The normalized spacial score (nSPS) is 13.1. The monoisotopic (exact) mass is 476 g/mol. The van der Waals surface area contributed by atoms with E-state index in [0.717, 1.165) is 65.2 Å². The van der Waals surface area contributed by atoms with Crippen LogP contribution in [0.3, 0.4) is 0 Å². The molecular weight excluding hydrogens is 448 g/mol. The number of carbonyl (C=O) groups is 1. The molecule has 1 fully saturated rings. The van der Waals surface area contributed by atoms with Gasteiger partial charge >= 0.3 is 0 Å². The Morgan fingerprint density at radius 1 is 0.917 bits per heavy atom. The molecule has 180 valence electrons. The lowest BCUT2D eigenvalue weighted by Crippen LogP contribution is -2.46. The van der Waals surface area contributed by atoms with Gasteiger partial charge in [-0.1, -0.05) is 31.9 Å². The van der Waals surface area contributed by atoms with Crippen molar-refractivity contribution >= 4 is 22.6 Å². The molecule has 0 bridgehead atoms. The molecule has 5 aromatic rings. The van der Waals surface area contributed by atoms with Gasteiger partial charge in [0, 0.05) is 61.3 Å². The summed E-state index contributed by atoms with van der Waals surface area (Å²) in [5.41, 5.74) is 6.17. The zero-order valence-corrected chi connectivity index (χ0v) is 20.5. The van der Waals surface area contributed by atoms with Gasteiger partial charge in [-0.2, -0.15) is 0 Å². The van der Waals surface area contributed by atoms with E-state index in [1.807, 2.05) is 84.1 Å². The van der Waals surface area contributed by atoms with Gasteiger partial charge in [-0.3, -0.25) is 9.20 Å². The summed E-state index contributed by atoms with van der Waals surface area (Å²) < 4.78 is 2.00. The lowest BCUT2D eigenvalue weighted by Gasteiger charge is -2.27. The van der Waals surface area contributed by atoms with Gasteiger partial charge in [-0.25, -0.2) is 9.97 Å². The summed E-state index contributed by atoms with van der Waals surface area (Å²) in [6, 6.07) is 15.7. The lowest BCUT2D eigenvalue weighted by atomic mass is 10.0. The summed E-state index contributed by atoms with van der Waals surface area (Å²) in [5.74, 6) is 6.61. The van der Waals surface area contributed by atoms with Crippen LogP contribution in [0.4, 0.5) is 0 Å². The highest BCUT2D eigenvalue weighted by Crippen LogP contribution is 2.22. The van der Waals surface area contributed by atoms with Gasteiger partial charge in [0.2, 0.25) is 0 Å². The van der Waals surface area contributed by atoms with Crippen LogP contribution in [0.5, 0.6) is 0 Å². The summed E-state index contributed by atoms with van der Waals surface area (Å²) >= 11 is 0. The van der Waals surface area contributed by atoms with Crippen LogP contribution in [-0.4, -0.2) is 56.3 Å². The molecule has 0 unspecified atom stereocenters. The van der Waals surface area contributed by atoms with Gasteiger partial charge in [0.15, 0.2) is 0 Å². The molecule has 5 heterocycles. The smallest absolute Gasteiger partial charge is 0.253 e. The van der Waals surface area contributed by atoms with Crippen molar-refractivity contribution in [2.75, 3.05) is 26.2 Å². The second kappa shape index (κ2) is 10.5. The number of aromatic amines is 1. The van der Waals surface area contributed by atoms with E-state index < -0.39 is 0 Å². The molecule has 0 atom stereocenters. The van der Waals surface area contributed by atoms with E-state index in [4.69, 9.17) is 0 Å². The van der Waals surface area contributed by atoms with E-state index in [1.165, 1.54) is 0 Å². The number of pyridine rings is 2. The third kappa shape index (κ3) is 4.59. The van der Waals surface area contributed by atoms with Crippen LogP contribution in [0.2, 0.25) is 0 Å². The number of amides is 1. The highest BCUT2D eigenvalue weighted by atomic mass is 16.2. The van der Waals surface area contributed by atoms with Crippen molar-refractivity contribution in [2.45, 2.75) is 13.8 Å². The molecule has 7 nitrogen and oxygen atoms in total. The molecular formula is C29H28N6O. The third-order valence-electron chi connectivity index (χ3n) is 6.16. The first-order chi connectivity index (χ1) is 17.8. The van der Waals surface area contributed by atoms with Crippen LogP contribution in [0, 0.1) is 11.8 Å². The molecule has 1 aliphatic heterocycles. The highest BCUT2D eigenvalue weighted by molar-refractivity contribution is 5.94. The Balaban J connectivity index is 0.00000130. The third-order valence-corrected chi connectivity index (χ3v) is 6.16. The van der Waals surface area contributed by atoms with Crippen LogP contribution in [-0.2, 0) is 0 Å². The van der Waals surface area contributed by atoms with Crippen molar-refractivity contribution < 1.29 is 4.79 Å². The van der Waals surface area contributed by atoms with Crippen LogP contribution in [0.1, 0.15) is 35.5 Å². The number of hydrogen-bond acceptors (Lipinski definition) is 4. The van der Waals surface area contributed by atoms with E-state index in [0.29, 0.717) is 5.56 Å². The standard InChI is InChI=1S/C27H22N6O.C2H6/c34-27(32-15-13-28-14-16-32)21-3-1-19(2-4-21)22-6-8-25-31-17-23(33(25)18-22)7-5-20-9-11-29-26-24(20)10-12-30-26;1-2/h1-4,6,8-12,17-18,28H,13-16H2,(H,29,30);1-2H3. The number of imidazole rings is 1. The summed E-state index contributed by atoms with van der Waals surface area (Å²) in [4.78, 5) is 26.6. The number of nitrogens with one attached hydrogen (secondary N) is 2. The Bertz CT molecular complexity index is 1560. The molecule has 1 saturated heterocycles. The molecule has 1 aromatic carbocycles. The maximum absolute atomic E-state index is 12.8. The number of nitrogens with zero attached hydrogens (tertiary/aromatic N) is 4. The zero-order chi connectivity index (χ0) is 24.9. The number of H-pyrrole nitrogens is 1. The van der Waals surface area contributed by atoms with Gasteiger partial charge < -0.3 is 15.2 Å². The molecule has 2 N–H and O–H groups in total. The summed E-state index contributed by atoms with van der Waals surface area (Å²) in [6.45, 7) is 7.18. The SMILES string of the molecule is CC.O=C(c1ccc(-c2ccc3ncc(C#Cc4ccnc5[nH]ccc45)n3c2)cc1)N1CCNCC1. The zero-order valence-electron chi connectivity index (χ0n) is 20.5.